The maximum Gasteiger partial charge on any atom is 0.328 e. The van der Waals surface area contributed by atoms with Gasteiger partial charge in [-0.2, -0.15) is 11.3 Å². The van der Waals surface area contributed by atoms with Crippen LogP contribution in [-0.4, -0.2) is 54.7 Å². The molecule has 0 aliphatic carbocycles. The summed E-state index contributed by atoms with van der Waals surface area (Å²) in [7, 11) is 0. The quantitative estimate of drug-likeness (QED) is 0.268. The summed E-state index contributed by atoms with van der Waals surface area (Å²) in [5.41, 5.74) is 0.918. The van der Waals surface area contributed by atoms with Crippen LogP contribution in [0.25, 0.3) is 0 Å². The van der Waals surface area contributed by atoms with Gasteiger partial charge in [-0.05, 0) is 62.9 Å². The summed E-state index contributed by atoms with van der Waals surface area (Å²) in [6.07, 6.45) is 2.14. The zero-order chi connectivity index (χ0) is 19.0. The van der Waals surface area contributed by atoms with Crippen molar-refractivity contribution < 1.29 is 9.53 Å². The average molecular weight is 508 g/mol. The molecule has 0 amide bonds. The van der Waals surface area contributed by atoms with E-state index in [9.17, 15) is 4.79 Å². The number of likely N-dealkylation sites (tertiary alicyclic amines) is 1. The molecule has 0 bridgehead atoms. The Morgan fingerprint density at radius 2 is 2.07 bits per heavy atom. The Kier molecular flexibility index (Phi) is 10.6. The highest BCUT2D eigenvalue weighted by Gasteiger charge is 2.21. The number of ether oxygens (including phenoxy) is 1. The number of piperidine rings is 1. The van der Waals surface area contributed by atoms with Crippen molar-refractivity contribution in [1.82, 2.24) is 15.5 Å². The maximum atomic E-state index is 11.9. The Morgan fingerprint density at radius 1 is 1.37 bits per heavy atom. The van der Waals surface area contributed by atoms with E-state index in [1.165, 1.54) is 5.56 Å². The molecule has 0 unspecified atom stereocenters. The first-order valence-electron chi connectivity index (χ1n) is 9.36. The van der Waals surface area contributed by atoms with Crippen molar-refractivity contribution in [2.75, 3.05) is 26.2 Å². The molecule has 0 spiro atoms. The summed E-state index contributed by atoms with van der Waals surface area (Å²) >= 11 is 1.75. The SMILES string of the molecule is CCNC(=NCC(=O)OC(C)(C)C)NC1CCN(Cc2ccsc2)CC1.I. The number of rotatable bonds is 6. The lowest BCUT2D eigenvalue weighted by Gasteiger charge is -2.33. The van der Waals surface area contributed by atoms with Crippen LogP contribution in [0.3, 0.4) is 0 Å². The normalized spacial score (nSPS) is 16.5. The molecular formula is C19H33IN4O2S. The minimum Gasteiger partial charge on any atom is -0.459 e. The zero-order valence-corrected chi connectivity index (χ0v) is 19.9. The van der Waals surface area contributed by atoms with E-state index in [0.717, 1.165) is 39.0 Å². The number of hydrogen-bond acceptors (Lipinski definition) is 5. The highest BCUT2D eigenvalue weighted by Crippen LogP contribution is 2.15. The van der Waals surface area contributed by atoms with Gasteiger partial charge in [0.25, 0.3) is 0 Å². The molecule has 0 aromatic carbocycles. The number of nitrogens with one attached hydrogen (secondary N) is 2. The van der Waals surface area contributed by atoms with Crippen molar-refractivity contribution in [3.05, 3.63) is 22.4 Å². The molecule has 6 nitrogen and oxygen atoms in total. The lowest BCUT2D eigenvalue weighted by molar-refractivity contribution is -0.152. The smallest absolute Gasteiger partial charge is 0.328 e. The van der Waals surface area contributed by atoms with Crippen LogP contribution in [0.5, 0.6) is 0 Å². The Bertz CT molecular complexity index is 579. The van der Waals surface area contributed by atoms with Crippen LogP contribution >= 0.6 is 35.3 Å². The molecule has 1 aromatic heterocycles. The molecular weight excluding hydrogens is 475 g/mol. The second-order valence-corrected chi connectivity index (χ2v) is 8.39. The third kappa shape index (κ3) is 9.75. The van der Waals surface area contributed by atoms with Crippen molar-refractivity contribution in [1.29, 1.82) is 0 Å². The largest absolute Gasteiger partial charge is 0.459 e. The van der Waals surface area contributed by atoms with Crippen LogP contribution in [0.1, 0.15) is 46.1 Å². The monoisotopic (exact) mass is 508 g/mol. The Balaban J connectivity index is 0.00000364. The zero-order valence-electron chi connectivity index (χ0n) is 16.8. The molecule has 1 fully saturated rings. The number of carbonyl (C=O) groups is 1. The minimum absolute atomic E-state index is 0. The fraction of sp³-hybridized carbons (Fsp3) is 0.684. The van der Waals surface area contributed by atoms with Gasteiger partial charge < -0.3 is 15.4 Å². The fourth-order valence-corrected chi connectivity index (χ4v) is 3.57. The Labute approximate surface area is 184 Å². The number of aliphatic imine (C=N–C) groups is 1. The summed E-state index contributed by atoms with van der Waals surface area (Å²) in [5, 5.41) is 11.0. The third-order valence-corrected chi connectivity index (χ3v) is 4.78. The number of guanidine groups is 1. The van der Waals surface area contributed by atoms with E-state index >= 15 is 0 Å². The van der Waals surface area contributed by atoms with E-state index in [4.69, 9.17) is 4.74 Å². The first kappa shape index (κ1) is 24.2. The summed E-state index contributed by atoms with van der Waals surface area (Å²) in [4.78, 5) is 18.7. The highest BCUT2D eigenvalue weighted by atomic mass is 127. The number of halogens is 1. The van der Waals surface area contributed by atoms with Crippen molar-refractivity contribution >= 4 is 47.2 Å². The fourth-order valence-electron chi connectivity index (χ4n) is 2.91. The summed E-state index contributed by atoms with van der Waals surface area (Å²) in [6, 6.07) is 2.58. The van der Waals surface area contributed by atoms with E-state index in [2.05, 4.69) is 37.4 Å². The summed E-state index contributed by atoms with van der Waals surface area (Å²) in [5.74, 6) is 0.384. The second kappa shape index (κ2) is 11.9. The van der Waals surface area contributed by atoms with E-state index in [1.54, 1.807) is 11.3 Å². The molecule has 1 saturated heterocycles. The number of thiophene rings is 1. The molecule has 1 aliphatic heterocycles. The minimum atomic E-state index is -0.479. The third-order valence-electron chi connectivity index (χ3n) is 4.05. The molecule has 0 saturated carbocycles. The van der Waals surface area contributed by atoms with Crippen LogP contribution in [0.4, 0.5) is 0 Å². The lowest BCUT2D eigenvalue weighted by atomic mass is 10.0. The van der Waals surface area contributed by atoms with Gasteiger partial charge in [-0.25, -0.2) is 4.99 Å². The molecule has 0 radical (unpaired) electrons. The average Bonchev–Trinajstić information content (AvgIpc) is 3.06. The molecule has 154 valence electrons. The van der Waals surface area contributed by atoms with Crippen LogP contribution in [0, 0.1) is 0 Å². The number of hydrogen-bond donors (Lipinski definition) is 2. The van der Waals surface area contributed by atoms with Crippen molar-refractivity contribution in [2.45, 2.75) is 58.7 Å². The van der Waals surface area contributed by atoms with Crippen LogP contribution in [0.2, 0.25) is 0 Å². The second-order valence-electron chi connectivity index (χ2n) is 7.61. The molecule has 0 atom stereocenters. The van der Waals surface area contributed by atoms with Gasteiger partial charge >= 0.3 is 5.97 Å². The molecule has 1 aromatic rings. The van der Waals surface area contributed by atoms with Crippen LogP contribution < -0.4 is 10.6 Å². The predicted octanol–water partition coefficient (Wildman–Crippen LogP) is 3.23. The van der Waals surface area contributed by atoms with Crippen molar-refractivity contribution in [2.24, 2.45) is 4.99 Å². The van der Waals surface area contributed by atoms with Gasteiger partial charge in [-0.15, -0.1) is 24.0 Å². The Hall–Kier alpha value is -0.870. The van der Waals surface area contributed by atoms with Gasteiger partial charge in [0.2, 0.25) is 0 Å². The number of nitrogens with zero attached hydrogens (tertiary/aromatic N) is 2. The molecule has 2 rings (SSSR count). The molecule has 27 heavy (non-hydrogen) atoms. The van der Waals surface area contributed by atoms with Gasteiger partial charge in [0.05, 0.1) is 0 Å². The number of esters is 1. The van der Waals surface area contributed by atoms with Crippen molar-refractivity contribution in [3.63, 3.8) is 0 Å². The summed E-state index contributed by atoms with van der Waals surface area (Å²) in [6.45, 7) is 11.6. The summed E-state index contributed by atoms with van der Waals surface area (Å²) < 4.78 is 5.31. The lowest BCUT2D eigenvalue weighted by Crippen LogP contribution is -2.48. The molecule has 2 heterocycles. The van der Waals surface area contributed by atoms with Gasteiger partial charge in [0.15, 0.2) is 5.96 Å². The van der Waals surface area contributed by atoms with Crippen LogP contribution in [0.15, 0.2) is 21.8 Å². The van der Waals surface area contributed by atoms with E-state index in [-0.39, 0.29) is 36.5 Å². The van der Waals surface area contributed by atoms with Gasteiger partial charge in [-0.3, -0.25) is 9.69 Å². The molecule has 8 heteroatoms. The van der Waals surface area contributed by atoms with E-state index < -0.39 is 5.60 Å². The van der Waals surface area contributed by atoms with Gasteiger partial charge in [0, 0.05) is 32.2 Å². The molecule has 1 aliphatic rings. The van der Waals surface area contributed by atoms with E-state index in [0.29, 0.717) is 12.0 Å². The maximum absolute atomic E-state index is 11.9. The van der Waals surface area contributed by atoms with Crippen molar-refractivity contribution in [3.8, 4) is 0 Å². The number of carbonyl (C=O) groups excluding carboxylic acids is 1. The standard InChI is InChI=1S/C19H32N4O2S.HI/c1-5-20-18(21-12-17(24)25-19(2,3)4)22-16-6-9-23(10-7-16)13-15-8-11-26-14-15;/h8,11,14,16H,5-7,9-10,12-13H2,1-4H3,(H2,20,21,22);1H. The topological polar surface area (TPSA) is 66.0 Å². The van der Waals surface area contributed by atoms with Gasteiger partial charge in [-0.1, -0.05) is 0 Å². The predicted molar refractivity (Wildman–Crippen MR) is 123 cm³/mol. The molecule has 2 N–H and O–H groups in total. The Morgan fingerprint density at radius 3 is 2.63 bits per heavy atom. The highest BCUT2D eigenvalue weighted by molar-refractivity contribution is 14.0. The first-order chi connectivity index (χ1) is 12.4. The van der Waals surface area contributed by atoms with E-state index in [1.807, 2.05) is 27.7 Å². The first-order valence-corrected chi connectivity index (χ1v) is 10.3. The van der Waals surface area contributed by atoms with Crippen LogP contribution in [-0.2, 0) is 16.1 Å². The van der Waals surface area contributed by atoms with Gasteiger partial charge in [0.1, 0.15) is 12.1 Å².